The average Bonchev–Trinajstić information content (AvgIpc) is 2.72. The van der Waals surface area contributed by atoms with E-state index in [9.17, 15) is 27.2 Å². The van der Waals surface area contributed by atoms with E-state index in [1.807, 2.05) is 11.8 Å². The van der Waals surface area contributed by atoms with Gasteiger partial charge in [0.2, 0.25) is 0 Å². The van der Waals surface area contributed by atoms with Gasteiger partial charge in [-0.25, -0.2) is 4.39 Å². The van der Waals surface area contributed by atoms with Crippen molar-refractivity contribution in [3.05, 3.63) is 65.0 Å². The topological polar surface area (TPSA) is 66.6 Å². The predicted molar refractivity (Wildman–Crippen MR) is 104 cm³/mol. The lowest BCUT2D eigenvalue weighted by molar-refractivity contribution is -0.138. The molecule has 2 N–H and O–H groups in total. The summed E-state index contributed by atoms with van der Waals surface area (Å²) in [4.78, 5) is 27.9. The van der Waals surface area contributed by atoms with Crippen molar-refractivity contribution < 1.29 is 27.2 Å². The van der Waals surface area contributed by atoms with Gasteiger partial charge < -0.3 is 15.5 Å². The van der Waals surface area contributed by atoms with Crippen LogP contribution < -0.4 is 10.6 Å². The van der Waals surface area contributed by atoms with Crippen LogP contribution in [0.3, 0.4) is 0 Å². The zero-order valence-corrected chi connectivity index (χ0v) is 16.2. The van der Waals surface area contributed by atoms with E-state index in [0.29, 0.717) is 30.3 Å². The molecule has 30 heavy (non-hydrogen) atoms. The van der Waals surface area contributed by atoms with Crippen LogP contribution in [0.1, 0.15) is 39.6 Å². The third kappa shape index (κ3) is 4.24. The number of alkyl halides is 3. The Morgan fingerprint density at radius 3 is 2.43 bits per heavy atom. The van der Waals surface area contributed by atoms with Gasteiger partial charge in [0.25, 0.3) is 11.8 Å². The zero-order chi connectivity index (χ0) is 22.1. The van der Waals surface area contributed by atoms with E-state index >= 15 is 0 Å². The number of amides is 2. The van der Waals surface area contributed by atoms with Crippen LogP contribution >= 0.6 is 0 Å². The van der Waals surface area contributed by atoms with E-state index in [2.05, 4.69) is 0 Å². The Morgan fingerprint density at radius 1 is 1.10 bits per heavy atom. The number of piperazine rings is 1. The number of nitrogens with two attached hydrogens (primary N) is 1. The Bertz CT molecular complexity index is 962. The number of hydrogen-bond donors (Lipinski definition) is 1. The molecule has 1 heterocycles. The molecule has 1 saturated heterocycles. The van der Waals surface area contributed by atoms with Crippen molar-refractivity contribution in [2.24, 2.45) is 5.73 Å². The van der Waals surface area contributed by atoms with Gasteiger partial charge in [-0.1, -0.05) is 19.1 Å². The number of carbonyl (C=O) groups is 2. The molecular weight excluding hydrogens is 402 g/mol. The van der Waals surface area contributed by atoms with Crippen molar-refractivity contribution in [2.75, 3.05) is 24.5 Å². The van der Waals surface area contributed by atoms with Gasteiger partial charge in [-0.2, -0.15) is 13.2 Å². The third-order valence-electron chi connectivity index (χ3n) is 5.24. The van der Waals surface area contributed by atoms with Crippen LogP contribution in [0.4, 0.5) is 23.2 Å². The number of halogens is 4. The highest BCUT2D eigenvalue weighted by atomic mass is 19.4. The van der Waals surface area contributed by atoms with E-state index in [4.69, 9.17) is 5.73 Å². The first-order chi connectivity index (χ1) is 14.1. The van der Waals surface area contributed by atoms with E-state index in [-0.39, 0.29) is 19.1 Å². The first-order valence-electron chi connectivity index (χ1n) is 9.45. The third-order valence-corrected chi connectivity index (χ3v) is 5.24. The monoisotopic (exact) mass is 423 g/mol. The summed E-state index contributed by atoms with van der Waals surface area (Å²) in [5.41, 5.74) is 4.56. The summed E-state index contributed by atoms with van der Waals surface area (Å²) in [5, 5.41) is 0. The normalized spacial score (nSPS) is 17.2. The fourth-order valence-electron chi connectivity index (χ4n) is 3.75. The highest BCUT2D eigenvalue weighted by molar-refractivity contribution is 5.99. The summed E-state index contributed by atoms with van der Waals surface area (Å²) in [7, 11) is 0. The Balaban J connectivity index is 1.88. The molecule has 1 atom stereocenters. The van der Waals surface area contributed by atoms with Crippen molar-refractivity contribution >= 4 is 17.5 Å². The lowest BCUT2D eigenvalue weighted by atomic mass is 10.0. The molecule has 0 radical (unpaired) electrons. The second kappa shape index (κ2) is 8.33. The molecule has 0 bridgehead atoms. The lowest BCUT2D eigenvalue weighted by Crippen LogP contribution is -2.55. The fraction of sp³-hybridized carbons (Fsp3) is 0.333. The first-order valence-corrected chi connectivity index (χ1v) is 9.45. The molecule has 0 spiro atoms. The van der Waals surface area contributed by atoms with Crippen LogP contribution in [0.2, 0.25) is 0 Å². The molecule has 0 aromatic heterocycles. The second-order valence-electron chi connectivity index (χ2n) is 7.08. The Kier molecular flexibility index (Phi) is 6.00. The fourth-order valence-corrected chi connectivity index (χ4v) is 3.75. The Hall–Kier alpha value is -3.10. The first kappa shape index (κ1) is 21.6. The van der Waals surface area contributed by atoms with Crippen LogP contribution in [-0.4, -0.2) is 42.4 Å². The Labute approximate surface area is 171 Å². The van der Waals surface area contributed by atoms with Crippen LogP contribution in [0, 0.1) is 5.82 Å². The number of anilines is 1. The molecule has 160 valence electrons. The standard InChI is InChI=1S/C21H21F4N3O2/c1-2-14-12-27(9-10-28(14)18-6-4-3-5-16(18)19(26)29)20(30)15-8-7-13(22)11-17(15)21(23,24)25/h3-8,11,14H,2,9-10,12H2,1H3,(H2,26,29)/t14-/m1/s1. The van der Waals surface area contributed by atoms with Crippen molar-refractivity contribution in [1.82, 2.24) is 4.90 Å². The maximum Gasteiger partial charge on any atom is 0.417 e. The predicted octanol–water partition coefficient (Wildman–Crippen LogP) is 3.68. The minimum absolute atomic E-state index is 0.150. The molecule has 5 nitrogen and oxygen atoms in total. The molecule has 1 aliphatic rings. The maximum absolute atomic E-state index is 13.4. The molecule has 0 unspecified atom stereocenters. The number of carbonyl (C=O) groups excluding carboxylic acids is 2. The quantitative estimate of drug-likeness (QED) is 0.763. The van der Waals surface area contributed by atoms with Crippen molar-refractivity contribution in [2.45, 2.75) is 25.6 Å². The molecule has 0 saturated carbocycles. The molecule has 1 aliphatic heterocycles. The average molecular weight is 423 g/mol. The van der Waals surface area contributed by atoms with E-state index < -0.39 is 34.9 Å². The molecule has 2 aromatic carbocycles. The maximum atomic E-state index is 13.4. The van der Waals surface area contributed by atoms with Crippen molar-refractivity contribution in [3.63, 3.8) is 0 Å². The van der Waals surface area contributed by atoms with Crippen molar-refractivity contribution in [1.29, 1.82) is 0 Å². The van der Waals surface area contributed by atoms with Crippen molar-refractivity contribution in [3.8, 4) is 0 Å². The summed E-state index contributed by atoms with van der Waals surface area (Å²) in [5.74, 6) is -2.44. The number of nitrogens with zero attached hydrogens (tertiary/aromatic N) is 2. The van der Waals surface area contributed by atoms with Gasteiger partial charge >= 0.3 is 6.18 Å². The smallest absolute Gasteiger partial charge is 0.366 e. The number of hydrogen-bond acceptors (Lipinski definition) is 3. The highest BCUT2D eigenvalue weighted by Crippen LogP contribution is 2.34. The summed E-state index contributed by atoms with van der Waals surface area (Å²) in [6.45, 7) is 2.52. The van der Waals surface area contributed by atoms with Gasteiger partial charge in [-0.15, -0.1) is 0 Å². The molecule has 9 heteroatoms. The van der Waals surface area contributed by atoms with Crippen LogP contribution in [0.15, 0.2) is 42.5 Å². The van der Waals surface area contributed by atoms with Gasteiger partial charge in [0.15, 0.2) is 0 Å². The van der Waals surface area contributed by atoms with Crippen LogP contribution in [0.25, 0.3) is 0 Å². The Morgan fingerprint density at radius 2 is 1.80 bits per heavy atom. The van der Waals surface area contributed by atoms with Gasteiger partial charge in [0.1, 0.15) is 5.82 Å². The number of benzene rings is 2. The summed E-state index contributed by atoms with van der Waals surface area (Å²) < 4.78 is 53.3. The summed E-state index contributed by atoms with van der Waals surface area (Å²) >= 11 is 0. The summed E-state index contributed by atoms with van der Waals surface area (Å²) in [6, 6.07) is 8.65. The number of primary amides is 1. The molecule has 3 rings (SSSR count). The number of rotatable bonds is 4. The molecule has 2 amide bonds. The molecule has 2 aromatic rings. The van der Waals surface area contributed by atoms with Gasteiger partial charge in [0.05, 0.1) is 16.7 Å². The van der Waals surface area contributed by atoms with Gasteiger partial charge in [-0.05, 0) is 36.8 Å². The van der Waals surface area contributed by atoms with Gasteiger partial charge in [0, 0.05) is 31.4 Å². The minimum Gasteiger partial charge on any atom is -0.366 e. The molecular formula is C21H21F4N3O2. The van der Waals surface area contributed by atoms with Crippen LogP contribution in [-0.2, 0) is 6.18 Å². The SMILES string of the molecule is CC[C@@H]1CN(C(=O)c2ccc(F)cc2C(F)(F)F)CCN1c1ccccc1C(N)=O. The second-order valence-corrected chi connectivity index (χ2v) is 7.08. The molecule has 0 aliphatic carbocycles. The van der Waals surface area contributed by atoms with Gasteiger partial charge in [-0.3, -0.25) is 9.59 Å². The lowest BCUT2D eigenvalue weighted by Gasteiger charge is -2.43. The molecule has 1 fully saturated rings. The van der Waals surface area contributed by atoms with E-state index in [1.165, 1.54) is 4.90 Å². The minimum atomic E-state index is -4.85. The largest absolute Gasteiger partial charge is 0.417 e. The van der Waals surface area contributed by atoms with E-state index in [1.54, 1.807) is 24.3 Å². The van der Waals surface area contributed by atoms with E-state index in [0.717, 1.165) is 12.1 Å². The number of para-hydroxylation sites is 1. The zero-order valence-electron chi connectivity index (χ0n) is 16.2. The summed E-state index contributed by atoms with van der Waals surface area (Å²) in [6.07, 6.45) is -4.26. The van der Waals surface area contributed by atoms with Crippen LogP contribution in [0.5, 0.6) is 0 Å². The highest BCUT2D eigenvalue weighted by Gasteiger charge is 2.38.